The first kappa shape index (κ1) is 21.7. The molecule has 2 amide bonds. The number of pyridine rings is 2. The molecule has 7 nitrogen and oxygen atoms in total. The van der Waals surface area contributed by atoms with E-state index in [1.165, 1.54) is 18.3 Å². The van der Waals surface area contributed by atoms with Gasteiger partial charge in [0, 0.05) is 29.3 Å². The Morgan fingerprint density at radius 1 is 0.735 bits per heavy atom. The number of carbonyl (C=O) groups is 2. The first-order valence-electron chi connectivity index (χ1n) is 10.5. The number of amides is 2. The summed E-state index contributed by atoms with van der Waals surface area (Å²) in [7, 11) is -3.36. The van der Waals surface area contributed by atoms with Gasteiger partial charge in [0.25, 0.3) is 11.8 Å². The molecular formula is C26H19N3O4S. The Labute approximate surface area is 196 Å². The molecule has 4 aromatic rings. The molecule has 3 heterocycles. The molecule has 34 heavy (non-hydrogen) atoms. The zero-order chi connectivity index (χ0) is 24.0. The Morgan fingerprint density at radius 3 is 1.91 bits per heavy atom. The molecule has 0 saturated carbocycles. The van der Waals surface area contributed by atoms with Crippen LogP contribution < -0.4 is 4.90 Å². The number of aryl methyl sites for hydroxylation is 1. The predicted molar refractivity (Wildman–Crippen MR) is 128 cm³/mol. The lowest BCUT2D eigenvalue weighted by atomic mass is 9.99. The average molecular weight is 470 g/mol. The largest absolute Gasteiger partial charge is 0.268 e. The van der Waals surface area contributed by atoms with E-state index in [1.54, 1.807) is 48.7 Å². The van der Waals surface area contributed by atoms with Crippen molar-refractivity contribution in [2.24, 2.45) is 0 Å². The van der Waals surface area contributed by atoms with Crippen LogP contribution in [0.15, 0.2) is 84.0 Å². The Hall–Kier alpha value is -4.17. The van der Waals surface area contributed by atoms with Gasteiger partial charge >= 0.3 is 0 Å². The first-order chi connectivity index (χ1) is 16.2. The molecule has 0 aliphatic carbocycles. The predicted octanol–water partition coefficient (Wildman–Crippen LogP) is 4.32. The highest BCUT2D eigenvalue weighted by Crippen LogP contribution is 2.36. The van der Waals surface area contributed by atoms with E-state index in [0.29, 0.717) is 33.6 Å². The highest BCUT2D eigenvalue weighted by atomic mass is 32.2. The van der Waals surface area contributed by atoms with E-state index in [1.807, 2.05) is 19.1 Å². The number of sulfone groups is 1. The summed E-state index contributed by atoms with van der Waals surface area (Å²) in [5.74, 6) is -0.823. The van der Waals surface area contributed by atoms with E-state index >= 15 is 0 Å². The number of hydrogen-bond acceptors (Lipinski definition) is 6. The van der Waals surface area contributed by atoms with Gasteiger partial charge in [-0.2, -0.15) is 0 Å². The van der Waals surface area contributed by atoms with Gasteiger partial charge in [-0.3, -0.25) is 19.6 Å². The summed E-state index contributed by atoms with van der Waals surface area (Å²) < 4.78 is 23.8. The number of benzene rings is 2. The SMILES string of the molecule is Cc1ccc(-c2ncc(N3C(=O)c4ccccc4C3=O)cc2-c2ccc(S(C)(=O)=O)cc2)cn1. The monoisotopic (exact) mass is 469 g/mol. The van der Waals surface area contributed by atoms with Crippen molar-refractivity contribution in [1.82, 2.24) is 9.97 Å². The van der Waals surface area contributed by atoms with Gasteiger partial charge in [0.15, 0.2) is 9.84 Å². The number of nitrogens with zero attached hydrogens (tertiary/aromatic N) is 3. The van der Waals surface area contributed by atoms with Crippen molar-refractivity contribution < 1.29 is 18.0 Å². The fraction of sp³-hybridized carbons (Fsp3) is 0.0769. The van der Waals surface area contributed by atoms with Crippen molar-refractivity contribution in [2.75, 3.05) is 11.2 Å². The first-order valence-corrected chi connectivity index (χ1v) is 12.3. The minimum absolute atomic E-state index is 0.194. The fourth-order valence-electron chi connectivity index (χ4n) is 3.94. The highest BCUT2D eigenvalue weighted by Gasteiger charge is 2.36. The lowest BCUT2D eigenvalue weighted by Gasteiger charge is -2.17. The van der Waals surface area contributed by atoms with Gasteiger partial charge in [0.05, 0.1) is 33.6 Å². The third kappa shape index (κ3) is 3.68. The molecule has 1 aliphatic heterocycles. The van der Waals surface area contributed by atoms with E-state index in [2.05, 4.69) is 9.97 Å². The Bertz CT molecular complexity index is 1530. The molecule has 0 fully saturated rings. The van der Waals surface area contributed by atoms with Crippen molar-refractivity contribution in [3.63, 3.8) is 0 Å². The van der Waals surface area contributed by atoms with Crippen molar-refractivity contribution in [1.29, 1.82) is 0 Å². The molecule has 0 N–H and O–H groups in total. The van der Waals surface area contributed by atoms with Gasteiger partial charge in [-0.25, -0.2) is 13.3 Å². The number of hydrogen-bond donors (Lipinski definition) is 0. The standard InChI is InChI=1S/C26H19N3O4S/c1-16-7-8-18(14-27-16)24-23(17-9-11-20(12-10-17)34(2,32)33)13-19(15-28-24)29-25(30)21-5-3-4-6-22(21)26(29)31/h3-15H,1-2H3. The third-order valence-corrected chi connectivity index (χ3v) is 6.83. The molecule has 0 saturated heterocycles. The number of aromatic nitrogens is 2. The molecule has 0 spiro atoms. The van der Waals surface area contributed by atoms with Gasteiger partial charge in [-0.1, -0.05) is 24.3 Å². The second-order valence-corrected chi connectivity index (χ2v) is 10.1. The zero-order valence-electron chi connectivity index (χ0n) is 18.4. The molecule has 1 aliphatic rings. The maximum atomic E-state index is 13.0. The van der Waals surface area contributed by atoms with E-state index in [0.717, 1.165) is 22.4 Å². The Kier molecular flexibility index (Phi) is 5.10. The van der Waals surface area contributed by atoms with Crippen LogP contribution in [0.1, 0.15) is 26.4 Å². The second kappa shape index (κ2) is 8.00. The molecular weight excluding hydrogens is 450 g/mol. The summed E-state index contributed by atoms with van der Waals surface area (Å²) in [4.78, 5) is 36.3. The third-order valence-electron chi connectivity index (χ3n) is 5.70. The van der Waals surface area contributed by atoms with Crippen LogP contribution in [0.25, 0.3) is 22.4 Å². The fourth-order valence-corrected chi connectivity index (χ4v) is 4.57. The number of carbonyl (C=O) groups excluding carboxylic acids is 2. The van der Waals surface area contributed by atoms with Crippen LogP contribution in [0.4, 0.5) is 5.69 Å². The molecule has 0 bridgehead atoms. The maximum absolute atomic E-state index is 13.0. The van der Waals surface area contributed by atoms with Gasteiger partial charge < -0.3 is 0 Å². The molecule has 0 atom stereocenters. The summed E-state index contributed by atoms with van der Waals surface area (Å²) in [5, 5.41) is 0. The van der Waals surface area contributed by atoms with Crippen LogP contribution in [0, 0.1) is 6.92 Å². The molecule has 5 rings (SSSR count). The summed E-state index contributed by atoms with van der Waals surface area (Å²) in [5.41, 5.74) is 4.55. The highest BCUT2D eigenvalue weighted by molar-refractivity contribution is 7.90. The minimum atomic E-state index is -3.36. The van der Waals surface area contributed by atoms with Crippen molar-refractivity contribution in [3.05, 3.63) is 95.9 Å². The van der Waals surface area contributed by atoms with E-state index in [9.17, 15) is 18.0 Å². The van der Waals surface area contributed by atoms with E-state index in [-0.39, 0.29) is 4.90 Å². The molecule has 168 valence electrons. The van der Waals surface area contributed by atoms with Crippen LogP contribution in [-0.4, -0.2) is 36.5 Å². The number of rotatable bonds is 4. The number of fused-ring (bicyclic) bond motifs is 1. The summed E-state index contributed by atoms with van der Waals surface area (Å²) in [6.45, 7) is 1.88. The van der Waals surface area contributed by atoms with Crippen LogP contribution >= 0.6 is 0 Å². The Balaban J connectivity index is 1.66. The smallest absolute Gasteiger partial charge is 0.266 e. The summed E-state index contributed by atoms with van der Waals surface area (Å²) >= 11 is 0. The molecule has 2 aromatic carbocycles. The van der Waals surface area contributed by atoms with Gasteiger partial charge in [-0.05, 0) is 55.0 Å². The molecule has 8 heteroatoms. The minimum Gasteiger partial charge on any atom is -0.268 e. The van der Waals surface area contributed by atoms with Crippen LogP contribution in [0.5, 0.6) is 0 Å². The van der Waals surface area contributed by atoms with Crippen molar-refractivity contribution >= 4 is 27.3 Å². The summed E-state index contributed by atoms with van der Waals surface area (Å²) in [6.07, 6.45) is 4.34. The molecule has 0 unspecified atom stereocenters. The topological polar surface area (TPSA) is 97.3 Å². The van der Waals surface area contributed by atoms with Crippen LogP contribution in [0.2, 0.25) is 0 Å². The van der Waals surface area contributed by atoms with Gasteiger partial charge in [-0.15, -0.1) is 0 Å². The van der Waals surface area contributed by atoms with Crippen molar-refractivity contribution in [2.45, 2.75) is 11.8 Å². The van der Waals surface area contributed by atoms with Crippen LogP contribution in [0.3, 0.4) is 0 Å². The normalized spacial score (nSPS) is 13.3. The molecule has 0 radical (unpaired) electrons. The average Bonchev–Trinajstić information content (AvgIpc) is 3.09. The Morgan fingerprint density at radius 2 is 1.35 bits per heavy atom. The second-order valence-electron chi connectivity index (χ2n) is 8.07. The molecule has 2 aromatic heterocycles. The van der Waals surface area contributed by atoms with Crippen LogP contribution in [-0.2, 0) is 9.84 Å². The number of imide groups is 1. The van der Waals surface area contributed by atoms with Gasteiger partial charge in [0.1, 0.15) is 0 Å². The lowest BCUT2D eigenvalue weighted by Crippen LogP contribution is -2.29. The number of anilines is 1. The lowest BCUT2D eigenvalue weighted by molar-refractivity contribution is 0.0926. The maximum Gasteiger partial charge on any atom is 0.266 e. The summed E-state index contributed by atoms with van der Waals surface area (Å²) in [6, 6.07) is 18.6. The quantitative estimate of drug-likeness (QED) is 0.413. The zero-order valence-corrected chi connectivity index (χ0v) is 19.2. The van der Waals surface area contributed by atoms with Crippen molar-refractivity contribution in [3.8, 4) is 22.4 Å². The van der Waals surface area contributed by atoms with E-state index < -0.39 is 21.7 Å². The van der Waals surface area contributed by atoms with Gasteiger partial charge in [0.2, 0.25) is 0 Å². The van der Waals surface area contributed by atoms with E-state index in [4.69, 9.17) is 0 Å².